The van der Waals surface area contributed by atoms with Crippen molar-refractivity contribution in [2.75, 3.05) is 0 Å². The van der Waals surface area contributed by atoms with Gasteiger partial charge in [-0.15, -0.1) is 0 Å². The van der Waals surface area contributed by atoms with Crippen molar-refractivity contribution in [3.8, 4) is 11.5 Å². The Morgan fingerprint density at radius 2 is 1.08 bits per heavy atom. The maximum absolute atomic E-state index is 13.3. The van der Waals surface area contributed by atoms with Crippen LogP contribution in [0.1, 0.15) is 30.0 Å². The summed E-state index contributed by atoms with van der Waals surface area (Å²) < 4.78 is 13.3. The zero-order valence-electron chi connectivity index (χ0n) is 13.9. The lowest BCUT2D eigenvalue weighted by Gasteiger charge is -2.16. The molecule has 0 fully saturated rings. The maximum Gasteiger partial charge on any atom is 0.123 e. The summed E-state index contributed by atoms with van der Waals surface area (Å²) in [6.45, 7) is 2.06. The fourth-order valence-electron chi connectivity index (χ4n) is 2.95. The van der Waals surface area contributed by atoms with E-state index in [4.69, 9.17) is 0 Å². The normalized spacial score (nSPS) is 10.5. The van der Waals surface area contributed by atoms with Gasteiger partial charge in [-0.1, -0.05) is 43.3 Å². The third-order valence-electron chi connectivity index (χ3n) is 4.16. The highest BCUT2D eigenvalue weighted by atomic mass is 19.1. The molecule has 0 aliphatic rings. The lowest BCUT2D eigenvalue weighted by molar-refractivity contribution is 0.475. The van der Waals surface area contributed by atoms with Crippen molar-refractivity contribution >= 4 is 11.1 Å². The zero-order chi connectivity index (χ0) is 17.8. The molecule has 3 rings (SSSR count). The second-order valence-corrected chi connectivity index (χ2v) is 5.81. The minimum Gasteiger partial charge on any atom is -0.508 e. The molecule has 0 spiro atoms. The van der Waals surface area contributed by atoms with Gasteiger partial charge in [-0.2, -0.15) is 0 Å². The van der Waals surface area contributed by atoms with E-state index in [0.717, 1.165) is 34.3 Å². The van der Waals surface area contributed by atoms with Crippen LogP contribution in [0.25, 0.3) is 11.1 Å². The second-order valence-electron chi connectivity index (χ2n) is 5.81. The molecule has 0 aromatic heterocycles. The van der Waals surface area contributed by atoms with Crippen molar-refractivity contribution < 1.29 is 14.6 Å². The van der Waals surface area contributed by atoms with Crippen LogP contribution < -0.4 is 0 Å². The van der Waals surface area contributed by atoms with E-state index in [1.165, 1.54) is 12.1 Å². The summed E-state index contributed by atoms with van der Waals surface area (Å²) in [5.74, 6) is 0.136. The Balaban J connectivity index is 2.25. The Kier molecular flexibility index (Phi) is 4.85. The molecule has 0 aliphatic heterocycles. The van der Waals surface area contributed by atoms with E-state index in [-0.39, 0.29) is 17.3 Å². The Labute approximate surface area is 146 Å². The largest absolute Gasteiger partial charge is 0.508 e. The van der Waals surface area contributed by atoms with Crippen LogP contribution >= 0.6 is 0 Å². The molecule has 0 saturated carbocycles. The second kappa shape index (κ2) is 7.22. The van der Waals surface area contributed by atoms with Crippen molar-refractivity contribution in [2.45, 2.75) is 13.3 Å². The third-order valence-corrected chi connectivity index (χ3v) is 4.16. The van der Waals surface area contributed by atoms with E-state index >= 15 is 0 Å². The van der Waals surface area contributed by atoms with Gasteiger partial charge in [-0.25, -0.2) is 4.39 Å². The predicted molar refractivity (Wildman–Crippen MR) is 98.8 cm³/mol. The Hall–Kier alpha value is -3.07. The summed E-state index contributed by atoms with van der Waals surface area (Å²) in [6.07, 6.45) is 0.753. The Bertz CT molecular complexity index is 829. The standard InChI is InChI=1S/C22H19FO2/c1-2-21(15-3-9-18(23)10-4-15)22(16-5-11-19(24)12-6-16)17-7-13-20(25)14-8-17/h3-14,24-25H,2H2,1H3. The molecule has 2 nitrogen and oxygen atoms in total. The molecule has 25 heavy (non-hydrogen) atoms. The van der Waals surface area contributed by atoms with Gasteiger partial charge in [0.25, 0.3) is 0 Å². The average Bonchev–Trinajstić information content (AvgIpc) is 2.63. The van der Waals surface area contributed by atoms with Crippen molar-refractivity contribution in [1.29, 1.82) is 0 Å². The summed E-state index contributed by atoms with van der Waals surface area (Å²) in [5, 5.41) is 19.2. The highest BCUT2D eigenvalue weighted by Gasteiger charge is 2.13. The fourth-order valence-corrected chi connectivity index (χ4v) is 2.95. The van der Waals surface area contributed by atoms with Gasteiger partial charge < -0.3 is 10.2 Å². The lowest BCUT2D eigenvalue weighted by atomic mass is 9.88. The van der Waals surface area contributed by atoms with E-state index in [0.29, 0.717) is 0 Å². The number of phenols is 2. The molecule has 126 valence electrons. The summed E-state index contributed by atoms with van der Waals surface area (Å²) in [6, 6.07) is 20.5. The molecule has 3 aromatic rings. The van der Waals surface area contributed by atoms with Crippen LogP contribution in [-0.4, -0.2) is 10.2 Å². The van der Waals surface area contributed by atoms with Gasteiger partial charge in [0, 0.05) is 0 Å². The monoisotopic (exact) mass is 334 g/mol. The molecule has 0 unspecified atom stereocenters. The first kappa shape index (κ1) is 16.8. The van der Waals surface area contributed by atoms with Crippen molar-refractivity contribution in [3.63, 3.8) is 0 Å². The summed E-state index contributed by atoms with van der Waals surface area (Å²) in [5.41, 5.74) is 4.90. The summed E-state index contributed by atoms with van der Waals surface area (Å²) in [4.78, 5) is 0. The number of benzene rings is 3. The highest BCUT2D eigenvalue weighted by molar-refractivity contribution is 5.98. The van der Waals surface area contributed by atoms with E-state index in [9.17, 15) is 14.6 Å². The van der Waals surface area contributed by atoms with Crippen LogP contribution in [0, 0.1) is 5.82 Å². The topological polar surface area (TPSA) is 40.5 Å². The summed E-state index contributed by atoms with van der Waals surface area (Å²) >= 11 is 0. The lowest BCUT2D eigenvalue weighted by Crippen LogP contribution is -1.95. The minimum absolute atomic E-state index is 0.202. The molecular formula is C22H19FO2. The number of aromatic hydroxyl groups is 2. The molecule has 3 heteroatoms. The molecule has 2 N–H and O–H groups in total. The summed E-state index contributed by atoms with van der Waals surface area (Å²) in [7, 11) is 0. The highest BCUT2D eigenvalue weighted by Crippen LogP contribution is 2.35. The van der Waals surface area contributed by atoms with Crippen molar-refractivity contribution in [3.05, 3.63) is 95.3 Å². The van der Waals surface area contributed by atoms with Gasteiger partial charge >= 0.3 is 0 Å². The van der Waals surface area contributed by atoms with Crippen molar-refractivity contribution in [1.82, 2.24) is 0 Å². The van der Waals surface area contributed by atoms with Gasteiger partial charge in [0.05, 0.1) is 0 Å². The number of allylic oxidation sites excluding steroid dienone is 1. The first-order valence-corrected chi connectivity index (χ1v) is 8.16. The molecule has 0 aliphatic carbocycles. The molecular weight excluding hydrogens is 315 g/mol. The number of rotatable bonds is 4. The number of phenolic OH excluding ortho intramolecular Hbond substituents is 2. The van der Waals surface area contributed by atoms with Gasteiger partial charge in [0.15, 0.2) is 0 Å². The van der Waals surface area contributed by atoms with Crippen LogP contribution in [0.2, 0.25) is 0 Å². The van der Waals surface area contributed by atoms with Crippen LogP contribution in [0.3, 0.4) is 0 Å². The smallest absolute Gasteiger partial charge is 0.123 e. The molecule has 0 amide bonds. The fraction of sp³-hybridized carbons (Fsp3) is 0.0909. The van der Waals surface area contributed by atoms with Gasteiger partial charge in [0.2, 0.25) is 0 Å². The number of hydrogen-bond donors (Lipinski definition) is 2. The van der Waals surface area contributed by atoms with Gasteiger partial charge in [-0.3, -0.25) is 0 Å². The Morgan fingerprint density at radius 1 is 0.680 bits per heavy atom. The van der Waals surface area contributed by atoms with Crippen LogP contribution in [0.5, 0.6) is 11.5 Å². The number of halogens is 1. The molecule has 0 radical (unpaired) electrons. The third kappa shape index (κ3) is 3.72. The van der Waals surface area contributed by atoms with E-state index < -0.39 is 0 Å². The van der Waals surface area contributed by atoms with Gasteiger partial charge in [-0.05, 0) is 70.7 Å². The minimum atomic E-state index is -0.269. The van der Waals surface area contributed by atoms with Crippen LogP contribution in [-0.2, 0) is 0 Å². The van der Waals surface area contributed by atoms with E-state index in [1.54, 1.807) is 36.4 Å². The molecule has 0 saturated heterocycles. The predicted octanol–water partition coefficient (Wildman–Crippen LogP) is 5.61. The first-order valence-electron chi connectivity index (χ1n) is 8.16. The van der Waals surface area contributed by atoms with Gasteiger partial charge in [0.1, 0.15) is 17.3 Å². The van der Waals surface area contributed by atoms with Crippen LogP contribution in [0.15, 0.2) is 72.8 Å². The van der Waals surface area contributed by atoms with Crippen LogP contribution in [0.4, 0.5) is 4.39 Å². The quantitative estimate of drug-likeness (QED) is 0.609. The Morgan fingerprint density at radius 3 is 1.48 bits per heavy atom. The SMILES string of the molecule is CCC(=C(c1ccc(O)cc1)c1ccc(O)cc1)c1ccc(F)cc1. The molecule has 0 bridgehead atoms. The van der Waals surface area contributed by atoms with E-state index in [2.05, 4.69) is 6.92 Å². The maximum atomic E-state index is 13.3. The average molecular weight is 334 g/mol. The van der Waals surface area contributed by atoms with Crippen molar-refractivity contribution in [2.24, 2.45) is 0 Å². The number of hydrogen-bond acceptors (Lipinski definition) is 2. The molecule has 3 aromatic carbocycles. The van der Waals surface area contributed by atoms with E-state index in [1.807, 2.05) is 24.3 Å². The zero-order valence-corrected chi connectivity index (χ0v) is 13.9. The molecule has 0 heterocycles. The first-order chi connectivity index (χ1) is 12.1. The molecule has 0 atom stereocenters.